The number of rotatable bonds is 2. The van der Waals surface area contributed by atoms with Gasteiger partial charge in [-0.15, -0.1) is 0 Å². The fourth-order valence-corrected chi connectivity index (χ4v) is 1.38. The number of halogens is 3. The molecule has 0 atom stereocenters. The van der Waals surface area contributed by atoms with E-state index in [1.165, 1.54) is 36.4 Å². The van der Waals surface area contributed by atoms with E-state index >= 15 is 0 Å². The summed E-state index contributed by atoms with van der Waals surface area (Å²) in [7, 11) is 0. The molecular formula is C11H7ClF2N2. The predicted octanol–water partition coefficient (Wildman–Crippen LogP) is 3.76. The Bertz CT molecular complexity index is 517. The third kappa shape index (κ3) is 2.46. The smallest absolute Gasteiger partial charge is 0.214 e. The lowest BCUT2D eigenvalue weighted by molar-refractivity contribution is 0.585. The number of nitrogens with one attached hydrogen (secondary N) is 1. The topological polar surface area (TPSA) is 24.9 Å². The van der Waals surface area contributed by atoms with Crippen molar-refractivity contribution in [1.29, 1.82) is 0 Å². The fourth-order valence-electron chi connectivity index (χ4n) is 1.21. The molecule has 0 radical (unpaired) electrons. The average Bonchev–Trinajstić information content (AvgIpc) is 2.24. The van der Waals surface area contributed by atoms with Gasteiger partial charge in [0.1, 0.15) is 11.6 Å². The van der Waals surface area contributed by atoms with Gasteiger partial charge >= 0.3 is 0 Å². The summed E-state index contributed by atoms with van der Waals surface area (Å²) >= 11 is 5.71. The van der Waals surface area contributed by atoms with Crippen LogP contribution in [0.1, 0.15) is 0 Å². The predicted molar refractivity (Wildman–Crippen MR) is 58.9 cm³/mol. The van der Waals surface area contributed by atoms with Crippen molar-refractivity contribution in [1.82, 2.24) is 4.98 Å². The summed E-state index contributed by atoms with van der Waals surface area (Å²) in [6.07, 6.45) is 0. The number of hydrogen-bond donors (Lipinski definition) is 1. The SMILES string of the molecule is Fc1cccc(Nc2cc(Cl)ccc2F)n1. The van der Waals surface area contributed by atoms with Crippen molar-refractivity contribution >= 4 is 23.1 Å². The van der Waals surface area contributed by atoms with Gasteiger partial charge in [-0.2, -0.15) is 4.39 Å². The second-order valence-corrected chi connectivity index (χ2v) is 3.53. The summed E-state index contributed by atoms with van der Waals surface area (Å²) in [5, 5.41) is 3.03. The highest BCUT2D eigenvalue weighted by Gasteiger charge is 2.04. The Morgan fingerprint density at radius 3 is 2.69 bits per heavy atom. The molecule has 0 unspecified atom stereocenters. The molecule has 2 nitrogen and oxygen atoms in total. The van der Waals surface area contributed by atoms with Crippen molar-refractivity contribution in [3.05, 3.63) is 53.2 Å². The zero-order chi connectivity index (χ0) is 11.5. The van der Waals surface area contributed by atoms with Gasteiger partial charge in [0.05, 0.1) is 5.69 Å². The van der Waals surface area contributed by atoms with Crippen LogP contribution in [0.2, 0.25) is 5.02 Å². The summed E-state index contributed by atoms with van der Waals surface area (Å²) in [5.41, 5.74) is 0.158. The molecule has 1 aromatic heterocycles. The van der Waals surface area contributed by atoms with Gasteiger partial charge in [0, 0.05) is 5.02 Å². The van der Waals surface area contributed by atoms with Crippen molar-refractivity contribution in [3.8, 4) is 0 Å². The van der Waals surface area contributed by atoms with E-state index in [4.69, 9.17) is 11.6 Å². The largest absolute Gasteiger partial charge is 0.338 e. The number of nitrogens with zero attached hydrogens (tertiary/aromatic N) is 1. The molecule has 2 aromatic rings. The second-order valence-electron chi connectivity index (χ2n) is 3.09. The Morgan fingerprint density at radius 1 is 1.12 bits per heavy atom. The molecule has 1 N–H and O–H groups in total. The Labute approximate surface area is 95.9 Å². The molecule has 0 saturated heterocycles. The molecule has 1 aromatic carbocycles. The first-order valence-corrected chi connectivity index (χ1v) is 4.87. The van der Waals surface area contributed by atoms with Crippen molar-refractivity contribution in [2.24, 2.45) is 0 Å². The molecule has 1 heterocycles. The van der Waals surface area contributed by atoms with Crippen molar-refractivity contribution in [2.75, 3.05) is 5.32 Å². The number of aromatic nitrogens is 1. The highest BCUT2D eigenvalue weighted by atomic mass is 35.5. The summed E-state index contributed by atoms with van der Waals surface area (Å²) in [4.78, 5) is 3.55. The molecule has 0 saturated carbocycles. The molecule has 2 rings (SSSR count). The number of hydrogen-bond acceptors (Lipinski definition) is 2. The van der Waals surface area contributed by atoms with E-state index in [9.17, 15) is 8.78 Å². The zero-order valence-electron chi connectivity index (χ0n) is 8.05. The normalized spacial score (nSPS) is 10.2. The van der Waals surface area contributed by atoms with Crippen LogP contribution in [0.3, 0.4) is 0 Å². The lowest BCUT2D eigenvalue weighted by Gasteiger charge is -2.06. The fraction of sp³-hybridized carbons (Fsp3) is 0. The van der Waals surface area contributed by atoms with E-state index in [1.54, 1.807) is 0 Å². The van der Waals surface area contributed by atoms with Gasteiger partial charge in [-0.1, -0.05) is 17.7 Å². The number of anilines is 2. The molecule has 0 amide bonds. The highest BCUT2D eigenvalue weighted by molar-refractivity contribution is 6.30. The van der Waals surface area contributed by atoms with E-state index in [2.05, 4.69) is 10.3 Å². The molecule has 5 heteroatoms. The van der Waals surface area contributed by atoms with E-state index in [-0.39, 0.29) is 11.5 Å². The quantitative estimate of drug-likeness (QED) is 0.809. The Morgan fingerprint density at radius 2 is 1.94 bits per heavy atom. The lowest BCUT2D eigenvalue weighted by Crippen LogP contribution is -1.97. The Kier molecular flexibility index (Phi) is 3.01. The first-order chi connectivity index (χ1) is 7.65. The monoisotopic (exact) mass is 240 g/mol. The van der Waals surface area contributed by atoms with Gasteiger partial charge in [0.25, 0.3) is 0 Å². The molecule has 0 aliphatic carbocycles. The van der Waals surface area contributed by atoms with Gasteiger partial charge in [-0.25, -0.2) is 9.37 Å². The molecule has 82 valence electrons. The molecule has 0 aliphatic heterocycles. The van der Waals surface area contributed by atoms with Crippen molar-refractivity contribution in [2.45, 2.75) is 0 Å². The summed E-state index contributed by atoms with van der Waals surface area (Å²) in [6, 6.07) is 8.28. The van der Waals surface area contributed by atoms with Crippen LogP contribution in [0, 0.1) is 11.8 Å². The van der Waals surface area contributed by atoms with Gasteiger partial charge in [0.15, 0.2) is 0 Å². The molecule has 0 aliphatic rings. The zero-order valence-corrected chi connectivity index (χ0v) is 8.80. The van der Waals surface area contributed by atoms with E-state index < -0.39 is 11.8 Å². The van der Waals surface area contributed by atoms with E-state index in [0.29, 0.717) is 5.02 Å². The Hall–Kier alpha value is -1.68. The molecule has 16 heavy (non-hydrogen) atoms. The summed E-state index contributed by atoms with van der Waals surface area (Å²) in [6.45, 7) is 0. The highest BCUT2D eigenvalue weighted by Crippen LogP contribution is 2.22. The maximum atomic E-state index is 13.3. The third-order valence-corrected chi connectivity index (χ3v) is 2.14. The first-order valence-electron chi connectivity index (χ1n) is 4.50. The van der Waals surface area contributed by atoms with Crippen LogP contribution in [0.4, 0.5) is 20.3 Å². The average molecular weight is 241 g/mol. The minimum atomic E-state index is -0.632. The minimum absolute atomic E-state index is 0.158. The maximum Gasteiger partial charge on any atom is 0.214 e. The van der Waals surface area contributed by atoms with Crippen LogP contribution >= 0.6 is 11.6 Å². The van der Waals surface area contributed by atoms with Crippen LogP contribution in [-0.2, 0) is 0 Å². The van der Waals surface area contributed by atoms with Crippen LogP contribution in [0.5, 0.6) is 0 Å². The summed E-state index contributed by atoms with van der Waals surface area (Å²) < 4.78 is 26.1. The second kappa shape index (κ2) is 4.45. The lowest BCUT2D eigenvalue weighted by atomic mass is 10.3. The minimum Gasteiger partial charge on any atom is -0.338 e. The number of benzene rings is 1. The van der Waals surface area contributed by atoms with Gasteiger partial charge in [0.2, 0.25) is 5.95 Å². The van der Waals surface area contributed by atoms with E-state index in [0.717, 1.165) is 0 Å². The van der Waals surface area contributed by atoms with Crippen LogP contribution < -0.4 is 5.32 Å². The maximum absolute atomic E-state index is 13.3. The van der Waals surface area contributed by atoms with E-state index in [1.807, 2.05) is 0 Å². The Balaban J connectivity index is 2.30. The molecular weight excluding hydrogens is 234 g/mol. The third-order valence-electron chi connectivity index (χ3n) is 1.91. The standard InChI is InChI=1S/C11H7ClF2N2/c12-7-4-5-8(13)9(6-7)15-11-3-1-2-10(14)16-11/h1-6H,(H,15,16). The molecule has 0 bridgehead atoms. The number of pyridine rings is 1. The van der Waals surface area contributed by atoms with Crippen molar-refractivity contribution < 1.29 is 8.78 Å². The summed E-state index contributed by atoms with van der Waals surface area (Å²) in [5.74, 6) is -0.885. The molecule has 0 fully saturated rings. The first kappa shape index (κ1) is 10.8. The van der Waals surface area contributed by atoms with Gasteiger partial charge in [-0.05, 0) is 30.3 Å². The van der Waals surface area contributed by atoms with Crippen LogP contribution in [0.25, 0.3) is 0 Å². The van der Waals surface area contributed by atoms with Gasteiger partial charge in [-0.3, -0.25) is 0 Å². The van der Waals surface area contributed by atoms with Crippen LogP contribution in [-0.4, -0.2) is 4.98 Å². The van der Waals surface area contributed by atoms with Crippen LogP contribution in [0.15, 0.2) is 36.4 Å². The molecule has 0 spiro atoms. The van der Waals surface area contributed by atoms with Crippen molar-refractivity contribution in [3.63, 3.8) is 0 Å². The van der Waals surface area contributed by atoms with Gasteiger partial charge < -0.3 is 5.32 Å².